The average molecular weight is 371 g/mol. The topological polar surface area (TPSA) is 29.5 Å². The number of amides is 1. The molecule has 0 saturated carbocycles. The summed E-state index contributed by atoms with van der Waals surface area (Å²) in [6.07, 6.45) is 1.33. The smallest absolute Gasteiger partial charge is 0.415 e. The van der Waals surface area contributed by atoms with Crippen molar-refractivity contribution in [2.24, 2.45) is 0 Å². The van der Waals surface area contributed by atoms with Crippen molar-refractivity contribution >= 4 is 34.4 Å². The van der Waals surface area contributed by atoms with Gasteiger partial charge in [0.25, 0.3) is 0 Å². The van der Waals surface area contributed by atoms with E-state index in [9.17, 15) is 4.79 Å². The molecule has 0 radical (unpaired) electrons. The second-order valence-electron chi connectivity index (χ2n) is 4.95. The zero-order valence-corrected chi connectivity index (χ0v) is 13.6. The maximum Gasteiger partial charge on any atom is 0.415 e. The molecule has 0 heterocycles. The molecule has 3 nitrogen and oxygen atoms in total. The van der Waals surface area contributed by atoms with Crippen molar-refractivity contribution < 1.29 is 9.53 Å². The number of para-hydroxylation sites is 1. The van der Waals surface area contributed by atoms with Gasteiger partial charge < -0.3 is 4.74 Å². The van der Waals surface area contributed by atoms with Crippen LogP contribution < -0.4 is 4.90 Å². The van der Waals surface area contributed by atoms with Gasteiger partial charge in [0.05, 0.1) is 12.2 Å². The number of hydrogen-bond donors (Lipinski definition) is 0. The first-order valence-electron chi connectivity index (χ1n) is 5.94. The van der Waals surface area contributed by atoms with Gasteiger partial charge >= 0.3 is 6.09 Å². The fourth-order valence-corrected chi connectivity index (χ4v) is 2.09. The van der Waals surface area contributed by atoms with E-state index in [1.165, 1.54) is 0 Å². The average Bonchev–Trinajstić information content (AvgIpc) is 2.29. The van der Waals surface area contributed by atoms with Gasteiger partial charge in [-0.2, -0.15) is 0 Å². The summed E-state index contributed by atoms with van der Waals surface area (Å²) in [6.45, 7) is 9.46. The molecule has 0 aromatic heterocycles. The molecule has 0 atom stereocenters. The standard InChI is InChI=1S/C15H18INO2/c1-5-6-11-17(14(18)19-15(2,3)4)13-10-8-7-9-12(13)16/h6-10H,1,11H2,2-4H3. The Labute approximate surface area is 128 Å². The van der Waals surface area contributed by atoms with Crippen molar-refractivity contribution in [3.63, 3.8) is 0 Å². The first kappa shape index (κ1) is 15.8. The highest BCUT2D eigenvalue weighted by Gasteiger charge is 2.23. The van der Waals surface area contributed by atoms with Gasteiger partial charge in [0.1, 0.15) is 5.60 Å². The lowest BCUT2D eigenvalue weighted by Crippen LogP contribution is -2.37. The Morgan fingerprint density at radius 2 is 2.11 bits per heavy atom. The lowest BCUT2D eigenvalue weighted by molar-refractivity contribution is 0.0584. The van der Waals surface area contributed by atoms with Crippen LogP contribution >= 0.6 is 22.6 Å². The second kappa shape index (κ2) is 6.78. The van der Waals surface area contributed by atoms with E-state index < -0.39 is 5.60 Å². The van der Waals surface area contributed by atoms with Crippen molar-refractivity contribution in [3.8, 4) is 0 Å². The summed E-state index contributed by atoms with van der Waals surface area (Å²) in [4.78, 5) is 13.8. The minimum atomic E-state index is -0.520. The van der Waals surface area contributed by atoms with Crippen LogP contribution in [0.2, 0.25) is 0 Å². The Balaban J connectivity index is 3.05. The van der Waals surface area contributed by atoms with E-state index in [0.717, 1.165) is 9.26 Å². The molecule has 102 valence electrons. The first-order chi connectivity index (χ1) is 8.85. The second-order valence-corrected chi connectivity index (χ2v) is 6.11. The summed E-state index contributed by atoms with van der Waals surface area (Å²) in [5.41, 5.74) is 2.98. The van der Waals surface area contributed by atoms with Crippen LogP contribution in [0.4, 0.5) is 10.5 Å². The molecule has 0 unspecified atom stereocenters. The maximum atomic E-state index is 12.2. The molecule has 0 aliphatic rings. The van der Waals surface area contributed by atoms with Gasteiger partial charge in [-0.1, -0.05) is 18.7 Å². The summed E-state index contributed by atoms with van der Waals surface area (Å²) in [6, 6.07) is 7.67. The largest absolute Gasteiger partial charge is 0.443 e. The van der Waals surface area contributed by atoms with Crippen LogP contribution in [0.1, 0.15) is 20.8 Å². The third-order valence-corrected chi connectivity index (χ3v) is 3.09. The molecule has 0 aliphatic carbocycles. The minimum absolute atomic E-state index is 0.372. The number of hydrogen-bond acceptors (Lipinski definition) is 2. The van der Waals surface area contributed by atoms with Gasteiger partial charge in [-0.25, -0.2) is 4.79 Å². The van der Waals surface area contributed by atoms with Crippen LogP contribution in [0.3, 0.4) is 0 Å². The minimum Gasteiger partial charge on any atom is -0.443 e. The number of ether oxygens (including phenoxy) is 1. The zero-order chi connectivity index (χ0) is 14.5. The lowest BCUT2D eigenvalue weighted by Gasteiger charge is -2.27. The summed E-state index contributed by atoms with van der Waals surface area (Å²) in [7, 11) is 0. The molecule has 19 heavy (non-hydrogen) atoms. The van der Waals surface area contributed by atoms with E-state index in [-0.39, 0.29) is 6.09 Å². The molecule has 1 rings (SSSR count). The van der Waals surface area contributed by atoms with Gasteiger partial charge in [-0.3, -0.25) is 4.90 Å². The number of rotatable bonds is 3. The molecule has 0 bridgehead atoms. The van der Waals surface area contributed by atoms with Crippen molar-refractivity contribution in [1.29, 1.82) is 0 Å². The Kier molecular flexibility index (Phi) is 5.63. The third-order valence-electron chi connectivity index (χ3n) is 2.18. The van der Waals surface area contributed by atoms with Gasteiger partial charge in [0, 0.05) is 3.57 Å². The Morgan fingerprint density at radius 3 is 2.63 bits per heavy atom. The quantitative estimate of drug-likeness (QED) is 0.583. The van der Waals surface area contributed by atoms with Crippen LogP contribution in [0.15, 0.2) is 42.7 Å². The monoisotopic (exact) mass is 371 g/mol. The normalized spacial score (nSPS) is 10.5. The lowest BCUT2D eigenvalue weighted by atomic mass is 10.2. The van der Waals surface area contributed by atoms with E-state index in [2.05, 4.69) is 34.9 Å². The molecule has 0 spiro atoms. The number of carbonyl (C=O) groups is 1. The van der Waals surface area contributed by atoms with E-state index >= 15 is 0 Å². The van der Waals surface area contributed by atoms with Crippen molar-refractivity contribution in [1.82, 2.24) is 0 Å². The van der Waals surface area contributed by atoms with Crippen LogP contribution in [0.5, 0.6) is 0 Å². The van der Waals surface area contributed by atoms with E-state index in [1.807, 2.05) is 45.0 Å². The zero-order valence-electron chi connectivity index (χ0n) is 11.4. The van der Waals surface area contributed by atoms with Gasteiger partial charge in [-0.05, 0) is 61.6 Å². The Hall–Kier alpha value is -1.26. The number of carbonyl (C=O) groups excluding carboxylic acids is 1. The molecule has 1 amide bonds. The summed E-state index contributed by atoms with van der Waals surface area (Å²) < 4.78 is 6.41. The third kappa shape index (κ3) is 5.09. The fourth-order valence-electron chi connectivity index (χ4n) is 1.41. The van der Waals surface area contributed by atoms with Gasteiger partial charge in [-0.15, -0.1) is 5.73 Å². The first-order valence-corrected chi connectivity index (χ1v) is 7.02. The van der Waals surface area contributed by atoms with Crippen LogP contribution in [-0.2, 0) is 4.74 Å². The van der Waals surface area contributed by atoms with Crippen molar-refractivity contribution in [2.75, 3.05) is 11.4 Å². The molecule has 0 saturated heterocycles. The van der Waals surface area contributed by atoms with Gasteiger partial charge in [0.15, 0.2) is 0 Å². The van der Waals surface area contributed by atoms with Crippen LogP contribution in [0.25, 0.3) is 0 Å². The highest BCUT2D eigenvalue weighted by Crippen LogP contribution is 2.24. The highest BCUT2D eigenvalue weighted by molar-refractivity contribution is 14.1. The predicted octanol–water partition coefficient (Wildman–Crippen LogP) is 4.37. The predicted molar refractivity (Wildman–Crippen MR) is 86.4 cm³/mol. The molecule has 1 aromatic carbocycles. The number of benzene rings is 1. The van der Waals surface area contributed by atoms with Gasteiger partial charge in [0.2, 0.25) is 0 Å². The Bertz CT molecular complexity index is 499. The molecule has 0 N–H and O–H groups in total. The maximum absolute atomic E-state index is 12.2. The van der Waals surface area contributed by atoms with Crippen LogP contribution in [0, 0.1) is 3.57 Å². The van der Waals surface area contributed by atoms with E-state index in [4.69, 9.17) is 4.74 Å². The number of nitrogens with zero attached hydrogens (tertiary/aromatic N) is 1. The molecule has 4 heteroatoms. The van der Waals surface area contributed by atoms with Crippen LogP contribution in [-0.4, -0.2) is 18.2 Å². The highest BCUT2D eigenvalue weighted by atomic mass is 127. The molecular formula is C15H18INO2. The molecule has 0 aliphatic heterocycles. The molecule has 0 fully saturated rings. The van der Waals surface area contributed by atoms with Crippen molar-refractivity contribution in [3.05, 3.63) is 46.2 Å². The SMILES string of the molecule is C=C=CCN(C(=O)OC(C)(C)C)c1ccccc1I. The molecular weight excluding hydrogens is 353 g/mol. The van der Waals surface area contributed by atoms with E-state index in [0.29, 0.717) is 6.54 Å². The number of halogens is 1. The fraction of sp³-hybridized carbons (Fsp3) is 0.333. The summed E-state index contributed by atoms with van der Waals surface area (Å²) >= 11 is 2.20. The molecule has 1 aromatic rings. The van der Waals surface area contributed by atoms with E-state index in [1.54, 1.807) is 11.0 Å². The Morgan fingerprint density at radius 1 is 1.47 bits per heavy atom. The summed E-state index contributed by atoms with van der Waals surface area (Å²) in [5.74, 6) is 0. The van der Waals surface area contributed by atoms with Crippen molar-refractivity contribution in [2.45, 2.75) is 26.4 Å². The number of anilines is 1. The summed E-state index contributed by atoms with van der Waals surface area (Å²) in [5, 5.41) is 0.